The normalized spacial score (nSPS) is 12.4. The molecule has 2 nitrogen and oxygen atoms in total. The molecule has 0 heterocycles. The minimum absolute atomic E-state index is 0.131. The van der Waals surface area contributed by atoms with Crippen LogP contribution in [0.3, 0.4) is 0 Å². The molecule has 0 aromatic carbocycles. The Morgan fingerprint density at radius 1 is 0.324 bits per heavy atom. The maximum absolute atomic E-state index is 9.83. The summed E-state index contributed by atoms with van der Waals surface area (Å²) in [5, 5.41) is 19.7. The van der Waals surface area contributed by atoms with Gasteiger partial charge in [0, 0.05) is 0 Å². The number of aliphatic hydroxyl groups is 2. The first kappa shape index (κ1) is 33.7. The van der Waals surface area contributed by atoms with Crippen LogP contribution in [0, 0.1) is 0 Å². The summed E-state index contributed by atoms with van der Waals surface area (Å²) in [6, 6.07) is 0. The molecule has 0 aliphatic rings. The topological polar surface area (TPSA) is 40.5 Å². The minimum Gasteiger partial charge on any atom is -0.392 e. The van der Waals surface area contributed by atoms with E-state index in [-0.39, 0.29) is 13.2 Å². The predicted molar refractivity (Wildman–Crippen MR) is 153 cm³/mol. The van der Waals surface area contributed by atoms with Crippen LogP contribution in [0.1, 0.15) is 181 Å². The maximum Gasteiger partial charge on any atom is 0.0645 e. The van der Waals surface area contributed by atoms with Gasteiger partial charge >= 0.3 is 0 Å². The van der Waals surface area contributed by atoms with Gasteiger partial charge in [-0.25, -0.2) is 0 Å². The zero-order valence-electron chi connectivity index (χ0n) is 23.7. The second kappa shape index (κ2) is 28.9. The van der Waals surface area contributed by atoms with Crippen LogP contribution >= 0.6 is 0 Å². The monoisotopic (exact) mass is 480 g/mol. The lowest BCUT2D eigenvalue weighted by atomic mass is 9.97. The number of hydrogen-bond acceptors (Lipinski definition) is 2. The molecule has 0 fully saturated rings. The fraction of sp³-hybridized carbons (Fsp3) is 0.938. The molecule has 0 radical (unpaired) electrons. The van der Waals surface area contributed by atoms with Crippen molar-refractivity contribution in [3.63, 3.8) is 0 Å². The van der Waals surface area contributed by atoms with Crippen molar-refractivity contribution in [1.29, 1.82) is 0 Å². The molecule has 0 aliphatic heterocycles. The maximum atomic E-state index is 9.83. The van der Waals surface area contributed by atoms with Crippen molar-refractivity contribution in [1.82, 2.24) is 0 Å². The van der Waals surface area contributed by atoms with Gasteiger partial charge in [0.15, 0.2) is 0 Å². The van der Waals surface area contributed by atoms with E-state index in [1.165, 1.54) is 141 Å². The van der Waals surface area contributed by atoms with E-state index in [1.807, 2.05) is 0 Å². The highest BCUT2D eigenvalue weighted by atomic mass is 16.3. The standard InChI is InChI=1S/C32H64O2/c1-3-5-7-9-11-13-15-17-19-21-23-25-27-31(29-33)32(30-34)28-26-24-22-20-18-16-14-12-10-8-6-4-2/h33-34H,3-30H2,1-2H3. The van der Waals surface area contributed by atoms with Crippen LogP contribution < -0.4 is 0 Å². The first-order chi connectivity index (χ1) is 16.8. The molecule has 0 aliphatic carbocycles. The van der Waals surface area contributed by atoms with Crippen molar-refractivity contribution in [3.05, 3.63) is 11.1 Å². The summed E-state index contributed by atoms with van der Waals surface area (Å²) < 4.78 is 0. The number of rotatable bonds is 28. The van der Waals surface area contributed by atoms with E-state index in [4.69, 9.17) is 0 Å². The molecule has 0 atom stereocenters. The van der Waals surface area contributed by atoms with Gasteiger partial charge in [-0.3, -0.25) is 0 Å². The first-order valence-electron chi connectivity index (χ1n) is 15.7. The number of aliphatic hydroxyl groups excluding tert-OH is 2. The van der Waals surface area contributed by atoms with Gasteiger partial charge in [-0.1, -0.05) is 155 Å². The van der Waals surface area contributed by atoms with Gasteiger partial charge in [-0.05, 0) is 36.8 Å². The summed E-state index contributed by atoms with van der Waals surface area (Å²) in [6.45, 7) is 4.83. The summed E-state index contributed by atoms with van der Waals surface area (Å²) >= 11 is 0. The lowest BCUT2D eigenvalue weighted by Gasteiger charge is -2.12. The Balaban J connectivity index is 3.67. The van der Waals surface area contributed by atoms with Crippen LogP contribution in [0.4, 0.5) is 0 Å². The molecule has 0 aromatic rings. The van der Waals surface area contributed by atoms with Crippen LogP contribution in [0.15, 0.2) is 11.1 Å². The highest BCUT2D eigenvalue weighted by Gasteiger charge is 2.06. The smallest absolute Gasteiger partial charge is 0.0645 e. The molecule has 2 N–H and O–H groups in total. The van der Waals surface area contributed by atoms with Gasteiger partial charge in [0.1, 0.15) is 0 Å². The third kappa shape index (κ3) is 23.4. The van der Waals surface area contributed by atoms with Gasteiger partial charge in [0.25, 0.3) is 0 Å². The summed E-state index contributed by atoms with van der Waals surface area (Å²) in [5.74, 6) is 0. The molecular weight excluding hydrogens is 416 g/mol. The number of unbranched alkanes of at least 4 members (excludes halogenated alkanes) is 22. The van der Waals surface area contributed by atoms with Gasteiger partial charge in [-0.15, -0.1) is 0 Å². The Kier molecular flexibility index (Phi) is 28.6. The SMILES string of the molecule is CCCCCCCCCCCCCCC(CO)=C(CO)CCCCCCCCCCCCCC. The molecule has 0 unspecified atom stereocenters. The van der Waals surface area contributed by atoms with Crippen LogP contribution in [-0.2, 0) is 0 Å². The van der Waals surface area contributed by atoms with Crippen molar-refractivity contribution in [3.8, 4) is 0 Å². The third-order valence-corrected chi connectivity index (χ3v) is 7.55. The van der Waals surface area contributed by atoms with E-state index in [0.717, 1.165) is 36.8 Å². The Morgan fingerprint density at radius 3 is 0.735 bits per heavy atom. The van der Waals surface area contributed by atoms with Gasteiger partial charge < -0.3 is 10.2 Å². The van der Waals surface area contributed by atoms with Crippen molar-refractivity contribution >= 4 is 0 Å². The van der Waals surface area contributed by atoms with Gasteiger partial charge in [-0.2, -0.15) is 0 Å². The van der Waals surface area contributed by atoms with E-state index < -0.39 is 0 Å². The molecule has 34 heavy (non-hydrogen) atoms. The van der Waals surface area contributed by atoms with Crippen LogP contribution in [-0.4, -0.2) is 23.4 Å². The Hall–Kier alpha value is -0.340. The molecule has 0 saturated carbocycles. The molecule has 0 aromatic heterocycles. The summed E-state index contributed by atoms with van der Waals surface area (Å²) in [5.41, 5.74) is 2.25. The highest BCUT2D eigenvalue weighted by molar-refractivity contribution is 5.15. The molecular formula is C32H64O2. The second-order valence-corrected chi connectivity index (χ2v) is 10.8. The largest absolute Gasteiger partial charge is 0.392 e. The van der Waals surface area contributed by atoms with Crippen LogP contribution in [0.2, 0.25) is 0 Å². The first-order valence-corrected chi connectivity index (χ1v) is 15.7. The average Bonchev–Trinajstić information content (AvgIpc) is 2.85. The number of hydrogen-bond donors (Lipinski definition) is 2. The van der Waals surface area contributed by atoms with Crippen LogP contribution in [0.5, 0.6) is 0 Å². The zero-order valence-corrected chi connectivity index (χ0v) is 23.7. The third-order valence-electron chi connectivity index (χ3n) is 7.55. The quantitative estimate of drug-likeness (QED) is 0.0863. The van der Waals surface area contributed by atoms with Crippen LogP contribution in [0.25, 0.3) is 0 Å². The molecule has 0 rings (SSSR count). The summed E-state index contributed by atoms with van der Waals surface area (Å²) in [4.78, 5) is 0. The summed E-state index contributed by atoms with van der Waals surface area (Å²) in [6.07, 6.45) is 34.6. The Morgan fingerprint density at radius 2 is 0.529 bits per heavy atom. The van der Waals surface area contributed by atoms with E-state index in [0.29, 0.717) is 0 Å². The fourth-order valence-corrected chi connectivity index (χ4v) is 5.09. The molecule has 0 bridgehead atoms. The zero-order chi connectivity index (χ0) is 25.0. The molecule has 2 heteroatoms. The van der Waals surface area contributed by atoms with Crippen molar-refractivity contribution in [2.75, 3.05) is 13.2 Å². The van der Waals surface area contributed by atoms with Gasteiger partial charge in [0.05, 0.1) is 13.2 Å². The second-order valence-electron chi connectivity index (χ2n) is 10.8. The van der Waals surface area contributed by atoms with E-state index in [1.54, 1.807) is 0 Å². The average molecular weight is 481 g/mol. The Labute approximate surface area is 215 Å². The van der Waals surface area contributed by atoms with E-state index >= 15 is 0 Å². The van der Waals surface area contributed by atoms with E-state index in [2.05, 4.69) is 13.8 Å². The van der Waals surface area contributed by atoms with Gasteiger partial charge in [0.2, 0.25) is 0 Å². The predicted octanol–water partition coefficient (Wildman–Crippen LogP) is 10.4. The van der Waals surface area contributed by atoms with Crippen molar-refractivity contribution < 1.29 is 10.2 Å². The molecule has 0 spiro atoms. The minimum atomic E-state index is 0.131. The molecule has 0 saturated heterocycles. The molecule has 0 amide bonds. The lowest BCUT2D eigenvalue weighted by Crippen LogP contribution is -2.02. The highest BCUT2D eigenvalue weighted by Crippen LogP contribution is 2.20. The fourth-order valence-electron chi connectivity index (χ4n) is 5.09. The molecule has 204 valence electrons. The van der Waals surface area contributed by atoms with Crippen molar-refractivity contribution in [2.45, 2.75) is 181 Å². The van der Waals surface area contributed by atoms with Crippen molar-refractivity contribution in [2.24, 2.45) is 0 Å². The van der Waals surface area contributed by atoms with E-state index in [9.17, 15) is 10.2 Å². The lowest BCUT2D eigenvalue weighted by molar-refractivity contribution is 0.302. The summed E-state index contributed by atoms with van der Waals surface area (Å²) in [7, 11) is 0. The Bertz CT molecular complexity index is 377.